The Labute approximate surface area is 168 Å². The summed E-state index contributed by atoms with van der Waals surface area (Å²) in [4.78, 5) is 4.65. The third kappa shape index (κ3) is 3.87. The lowest BCUT2D eigenvalue weighted by Crippen LogP contribution is -2.16. The van der Waals surface area contributed by atoms with Gasteiger partial charge in [-0.05, 0) is 66.8 Å². The van der Waals surface area contributed by atoms with Crippen molar-refractivity contribution in [1.82, 2.24) is 4.98 Å². The van der Waals surface area contributed by atoms with E-state index < -0.39 is 10.0 Å². The van der Waals surface area contributed by atoms with Gasteiger partial charge in [0, 0.05) is 16.1 Å². The van der Waals surface area contributed by atoms with Crippen LogP contribution in [0.25, 0.3) is 10.9 Å². The van der Waals surface area contributed by atoms with Gasteiger partial charge in [0.25, 0.3) is 10.0 Å². The lowest BCUT2D eigenvalue weighted by atomic mass is 9.83. The van der Waals surface area contributed by atoms with Crippen molar-refractivity contribution in [3.8, 4) is 0 Å². The van der Waals surface area contributed by atoms with Crippen molar-refractivity contribution >= 4 is 42.5 Å². The average molecular weight is 445 g/mol. The largest absolute Gasteiger partial charge is 0.279 e. The molecule has 4 rings (SSSR count). The highest BCUT2D eigenvalue weighted by Crippen LogP contribution is 2.40. The van der Waals surface area contributed by atoms with E-state index in [1.807, 2.05) is 24.3 Å². The molecule has 1 aliphatic carbocycles. The minimum absolute atomic E-state index is 0.251. The molecule has 0 unspecified atom stereocenters. The summed E-state index contributed by atoms with van der Waals surface area (Å²) in [5, 5.41) is 0.848. The van der Waals surface area contributed by atoms with Crippen molar-refractivity contribution in [2.24, 2.45) is 0 Å². The van der Waals surface area contributed by atoms with Crippen molar-refractivity contribution in [3.63, 3.8) is 0 Å². The number of nitrogens with zero attached hydrogens (tertiary/aromatic N) is 1. The fourth-order valence-corrected chi connectivity index (χ4v) is 5.22. The zero-order chi connectivity index (χ0) is 18.9. The molecular weight excluding hydrogens is 424 g/mol. The predicted molar refractivity (Wildman–Crippen MR) is 113 cm³/mol. The molecular formula is C21H21BrN2O2S. The molecule has 27 heavy (non-hydrogen) atoms. The van der Waals surface area contributed by atoms with Gasteiger partial charge in [0.1, 0.15) is 0 Å². The Kier molecular flexibility index (Phi) is 5.19. The molecule has 1 aromatic heterocycles. The summed E-state index contributed by atoms with van der Waals surface area (Å²) in [5.74, 6) is 0.381. The second-order valence-electron chi connectivity index (χ2n) is 6.99. The van der Waals surface area contributed by atoms with Gasteiger partial charge in [0.2, 0.25) is 0 Å². The first-order valence-corrected chi connectivity index (χ1v) is 11.5. The molecule has 0 saturated heterocycles. The average Bonchev–Trinajstić information content (AvgIpc) is 2.69. The predicted octanol–water partition coefficient (Wildman–Crippen LogP) is 5.85. The van der Waals surface area contributed by atoms with Gasteiger partial charge in [-0.25, -0.2) is 8.42 Å². The number of rotatable bonds is 4. The molecule has 0 atom stereocenters. The number of anilines is 1. The van der Waals surface area contributed by atoms with Crippen LogP contribution >= 0.6 is 15.9 Å². The van der Waals surface area contributed by atoms with Gasteiger partial charge in [-0.1, -0.05) is 41.3 Å². The van der Waals surface area contributed by atoms with Crippen LogP contribution in [0.1, 0.15) is 43.6 Å². The van der Waals surface area contributed by atoms with Crippen LogP contribution in [-0.2, 0) is 10.0 Å². The van der Waals surface area contributed by atoms with Crippen LogP contribution in [0, 0.1) is 0 Å². The van der Waals surface area contributed by atoms with Crippen LogP contribution < -0.4 is 4.72 Å². The number of sulfonamides is 1. The molecule has 1 heterocycles. The summed E-state index contributed by atoms with van der Waals surface area (Å²) < 4.78 is 29.8. The number of benzene rings is 2. The van der Waals surface area contributed by atoms with E-state index in [1.165, 1.54) is 19.3 Å². The van der Waals surface area contributed by atoms with Crippen molar-refractivity contribution in [2.45, 2.75) is 42.9 Å². The second-order valence-corrected chi connectivity index (χ2v) is 9.59. The highest BCUT2D eigenvalue weighted by Gasteiger charge is 2.23. The van der Waals surface area contributed by atoms with E-state index in [2.05, 4.69) is 25.6 Å². The van der Waals surface area contributed by atoms with Gasteiger partial charge in [0.05, 0.1) is 16.1 Å². The Balaban J connectivity index is 1.82. The molecule has 0 aliphatic heterocycles. The quantitative estimate of drug-likeness (QED) is 0.549. The Bertz CT molecular complexity index is 1060. The second kappa shape index (κ2) is 7.60. The summed E-state index contributed by atoms with van der Waals surface area (Å²) in [5.41, 5.74) is 2.55. The summed E-state index contributed by atoms with van der Waals surface area (Å²) in [7, 11) is -3.68. The Morgan fingerprint density at radius 3 is 2.44 bits per heavy atom. The topological polar surface area (TPSA) is 59.1 Å². The summed E-state index contributed by atoms with van der Waals surface area (Å²) >= 11 is 3.35. The van der Waals surface area contributed by atoms with Crippen molar-refractivity contribution in [3.05, 3.63) is 64.8 Å². The summed E-state index contributed by atoms with van der Waals surface area (Å²) in [6.07, 6.45) is 7.56. The van der Waals surface area contributed by atoms with Gasteiger partial charge in [-0.3, -0.25) is 9.71 Å². The van der Waals surface area contributed by atoms with Crippen molar-refractivity contribution in [1.29, 1.82) is 0 Å². The van der Waals surface area contributed by atoms with Gasteiger partial charge >= 0.3 is 0 Å². The first kappa shape index (κ1) is 18.4. The third-order valence-electron chi connectivity index (χ3n) is 5.22. The first-order valence-electron chi connectivity index (χ1n) is 9.20. The normalized spacial score (nSPS) is 15.7. The van der Waals surface area contributed by atoms with Crippen LogP contribution in [0.3, 0.4) is 0 Å². The van der Waals surface area contributed by atoms with E-state index in [1.54, 1.807) is 30.5 Å². The van der Waals surface area contributed by atoms with Crippen LogP contribution in [0.2, 0.25) is 0 Å². The molecule has 1 aliphatic rings. The maximum atomic E-state index is 13.0. The van der Waals surface area contributed by atoms with E-state index in [4.69, 9.17) is 0 Å². The highest BCUT2D eigenvalue weighted by atomic mass is 79.9. The van der Waals surface area contributed by atoms with E-state index in [9.17, 15) is 8.42 Å². The fourth-order valence-electron chi connectivity index (χ4n) is 3.84. The molecule has 1 N–H and O–H groups in total. The molecule has 6 heteroatoms. The molecule has 2 aromatic carbocycles. The number of halogens is 1. The lowest BCUT2D eigenvalue weighted by molar-refractivity contribution is 0.444. The van der Waals surface area contributed by atoms with Crippen LogP contribution in [0.5, 0.6) is 0 Å². The van der Waals surface area contributed by atoms with E-state index >= 15 is 0 Å². The number of hydrogen-bond acceptors (Lipinski definition) is 3. The number of fused-ring (bicyclic) bond motifs is 1. The molecule has 0 amide bonds. The van der Waals surface area contributed by atoms with E-state index in [0.29, 0.717) is 11.6 Å². The van der Waals surface area contributed by atoms with Crippen molar-refractivity contribution < 1.29 is 8.42 Å². The minimum atomic E-state index is -3.68. The molecule has 0 bridgehead atoms. The van der Waals surface area contributed by atoms with Gasteiger partial charge in [-0.2, -0.15) is 0 Å². The molecule has 1 saturated carbocycles. The number of pyridine rings is 1. The zero-order valence-corrected chi connectivity index (χ0v) is 17.3. The minimum Gasteiger partial charge on any atom is -0.279 e. The standard InChI is InChI=1S/C21H21BrN2O2S/c22-16-8-10-17(11-9-16)27(25,26)24-21-18(15-5-2-1-3-6-15)12-13-20-19(21)7-4-14-23-20/h4,7-15,24H,1-3,5-6H2. The van der Waals surface area contributed by atoms with Crippen LogP contribution in [0.15, 0.2) is 64.1 Å². The molecule has 3 aromatic rings. The maximum Gasteiger partial charge on any atom is 0.261 e. The van der Waals surface area contributed by atoms with Crippen LogP contribution in [-0.4, -0.2) is 13.4 Å². The fraction of sp³-hybridized carbons (Fsp3) is 0.286. The molecule has 4 nitrogen and oxygen atoms in total. The highest BCUT2D eigenvalue weighted by molar-refractivity contribution is 9.10. The number of aromatic nitrogens is 1. The number of hydrogen-bond donors (Lipinski definition) is 1. The lowest BCUT2D eigenvalue weighted by Gasteiger charge is -2.25. The molecule has 0 radical (unpaired) electrons. The van der Waals surface area contributed by atoms with Gasteiger partial charge in [0.15, 0.2) is 0 Å². The molecule has 0 spiro atoms. The third-order valence-corrected chi connectivity index (χ3v) is 7.12. The monoisotopic (exact) mass is 444 g/mol. The SMILES string of the molecule is O=S(=O)(Nc1c(C2CCCCC2)ccc2ncccc12)c1ccc(Br)cc1. The molecule has 1 fully saturated rings. The molecule has 140 valence electrons. The Hall–Kier alpha value is -1.92. The Morgan fingerprint density at radius 2 is 1.70 bits per heavy atom. The summed E-state index contributed by atoms with van der Waals surface area (Å²) in [6, 6.07) is 14.5. The number of nitrogens with one attached hydrogen (secondary N) is 1. The zero-order valence-electron chi connectivity index (χ0n) is 14.9. The van der Waals surface area contributed by atoms with Gasteiger partial charge in [-0.15, -0.1) is 0 Å². The van der Waals surface area contributed by atoms with Gasteiger partial charge < -0.3 is 0 Å². The smallest absolute Gasteiger partial charge is 0.261 e. The van der Waals surface area contributed by atoms with E-state index in [0.717, 1.165) is 33.8 Å². The Morgan fingerprint density at radius 1 is 0.963 bits per heavy atom. The van der Waals surface area contributed by atoms with Crippen molar-refractivity contribution in [2.75, 3.05) is 4.72 Å². The maximum absolute atomic E-state index is 13.0. The first-order chi connectivity index (χ1) is 13.0. The van der Waals surface area contributed by atoms with Crippen LogP contribution in [0.4, 0.5) is 5.69 Å². The van der Waals surface area contributed by atoms with E-state index in [-0.39, 0.29) is 4.90 Å². The summed E-state index contributed by atoms with van der Waals surface area (Å²) in [6.45, 7) is 0.